The van der Waals surface area contributed by atoms with Crippen molar-refractivity contribution < 1.29 is 18.7 Å². The zero-order valence-corrected chi connectivity index (χ0v) is 18.6. The van der Waals surface area contributed by atoms with Crippen LogP contribution < -0.4 is 4.90 Å². The maximum Gasteiger partial charge on any atom is 0.338 e. The van der Waals surface area contributed by atoms with Crippen LogP contribution in [0.1, 0.15) is 28.6 Å². The number of thiocarbonyl (C=S) groups is 1. The third-order valence-corrected chi connectivity index (χ3v) is 5.94. The van der Waals surface area contributed by atoms with Crippen LogP contribution in [0.4, 0.5) is 5.69 Å². The third-order valence-electron chi connectivity index (χ3n) is 4.63. The average molecular weight is 450 g/mol. The first-order valence-corrected chi connectivity index (χ1v) is 10.9. The lowest BCUT2D eigenvalue weighted by molar-refractivity contribution is -0.113. The molecular weight excluding hydrogens is 430 g/mol. The van der Waals surface area contributed by atoms with Gasteiger partial charge in [-0.1, -0.05) is 48.2 Å². The second-order valence-corrected chi connectivity index (χ2v) is 8.53. The van der Waals surface area contributed by atoms with Crippen LogP contribution in [0.25, 0.3) is 17.4 Å². The molecule has 0 unspecified atom stereocenters. The quantitative estimate of drug-likeness (QED) is 0.277. The number of carbonyl (C=O) groups excluding carboxylic acids is 2. The molecule has 1 amide bonds. The van der Waals surface area contributed by atoms with Crippen LogP contribution in [0.3, 0.4) is 0 Å². The Labute approximate surface area is 189 Å². The van der Waals surface area contributed by atoms with Gasteiger partial charge in [0.05, 0.1) is 22.8 Å². The summed E-state index contributed by atoms with van der Waals surface area (Å²) in [5.41, 5.74) is 3.12. The fraction of sp³-hybridized carbons (Fsp3) is 0.125. The van der Waals surface area contributed by atoms with E-state index in [1.54, 1.807) is 43.3 Å². The fourth-order valence-electron chi connectivity index (χ4n) is 3.16. The predicted molar refractivity (Wildman–Crippen MR) is 127 cm³/mol. The Morgan fingerprint density at radius 3 is 2.65 bits per heavy atom. The fourth-order valence-corrected chi connectivity index (χ4v) is 4.44. The molecule has 7 heteroatoms. The Hall–Kier alpha value is -3.16. The summed E-state index contributed by atoms with van der Waals surface area (Å²) >= 11 is 6.68. The molecule has 0 atom stereocenters. The number of esters is 1. The molecule has 0 radical (unpaired) electrons. The van der Waals surface area contributed by atoms with Crippen LogP contribution in [0, 0.1) is 6.92 Å². The summed E-state index contributed by atoms with van der Waals surface area (Å²) in [7, 11) is 0. The molecule has 1 aliphatic rings. The van der Waals surface area contributed by atoms with Crippen molar-refractivity contribution in [1.82, 2.24) is 0 Å². The van der Waals surface area contributed by atoms with Crippen molar-refractivity contribution in [1.29, 1.82) is 0 Å². The summed E-state index contributed by atoms with van der Waals surface area (Å²) in [6, 6.07) is 18.3. The minimum atomic E-state index is -0.357. The van der Waals surface area contributed by atoms with Gasteiger partial charge < -0.3 is 9.15 Å². The molecule has 1 fully saturated rings. The number of rotatable bonds is 5. The van der Waals surface area contributed by atoms with Crippen molar-refractivity contribution in [3.05, 3.63) is 82.5 Å². The molecule has 2 aromatic carbocycles. The first kappa shape index (κ1) is 21.1. The van der Waals surface area contributed by atoms with E-state index in [-0.39, 0.29) is 11.9 Å². The van der Waals surface area contributed by atoms with Crippen molar-refractivity contribution >= 4 is 51.9 Å². The number of hydrogen-bond donors (Lipinski definition) is 0. The number of carbonyl (C=O) groups is 2. The highest BCUT2D eigenvalue weighted by atomic mass is 32.2. The number of aryl methyl sites for hydroxylation is 1. The highest BCUT2D eigenvalue weighted by molar-refractivity contribution is 8.27. The molecule has 0 spiro atoms. The minimum Gasteiger partial charge on any atom is -0.462 e. The molecule has 2 heterocycles. The number of nitrogens with zero attached hydrogens (tertiary/aromatic N) is 1. The zero-order chi connectivity index (χ0) is 22.0. The second kappa shape index (κ2) is 8.91. The average Bonchev–Trinajstić information content (AvgIpc) is 3.33. The molecule has 31 heavy (non-hydrogen) atoms. The largest absolute Gasteiger partial charge is 0.462 e. The second-order valence-electron chi connectivity index (χ2n) is 6.86. The first-order valence-electron chi connectivity index (χ1n) is 9.68. The smallest absolute Gasteiger partial charge is 0.338 e. The molecular formula is C24H19NO4S2. The van der Waals surface area contributed by atoms with E-state index in [4.69, 9.17) is 21.4 Å². The van der Waals surface area contributed by atoms with Gasteiger partial charge in [-0.2, -0.15) is 0 Å². The maximum absolute atomic E-state index is 12.9. The monoisotopic (exact) mass is 449 g/mol. The number of amides is 1. The Kier molecular flexibility index (Phi) is 6.06. The minimum absolute atomic E-state index is 0.169. The van der Waals surface area contributed by atoms with Crippen molar-refractivity contribution in [3.63, 3.8) is 0 Å². The Morgan fingerprint density at radius 2 is 1.94 bits per heavy atom. The van der Waals surface area contributed by atoms with Gasteiger partial charge >= 0.3 is 5.97 Å². The molecule has 0 aliphatic carbocycles. The normalized spacial score (nSPS) is 15.0. The van der Waals surface area contributed by atoms with E-state index in [0.29, 0.717) is 32.9 Å². The summed E-state index contributed by atoms with van der Waals surface area (Å²) in [5, 5.41) is 0. The van der Waals surface area contributed by atoms with E-state index >= 15 is 0 Å². The van der Waals surface area contributed by atoms with Crippen LogP contribution >= 0.6 is 24.0 Å². The maximum atomic E-state index is 12.9. The number of benzene rings is 2. The van der Waals surface area contributed by atoms with E-state index in [0.717, 1.165) is 16.8 Å². The Bertz CT molecular complexity index is 1190. The van der Waals surface area contributed by atoms with Gasteiger partial charge in [0, 0.05) is 11.6 Å². The van der Waals surface area contributed by atoms with Gasteiger partial charge in [-0.25, -0.2) is 4.79 Å². The standard InChI is InChI=1S/C24H19NO4S2/c1-3-28-23(27)17-9-7-16(8-10-17)20-12-11-19(29-20)14-21-22(26)25(24(30)31-21)18-6-4-5-15(2)13-18/h4-14H,3H2,1-2H3/b21-14+. The number of anilines is 1. The molecule has 1 aromatic heterocycles. The Balaban J connectivity index is 1.54. The molecule has 156 valence electrons. The summed E-state index contributed by atoms with van der Waals surface area (Å²) in [6.07, 6.45) is 1.70. The number of furan rings is 1. The Morgan fingerprint density at radius 1 is 1.16 bits per heavy atom. The molecule has 0 bridgehead atoms. The van der Waals surface area contributed by atoms with Crippen LogP contribution in [-0.2, 0) is 9.53 Å². The third kappa shape index (κ3) is 4.47. The summed E-state index contributed by atoms with van der Waals surface area (Å²) in [5.74, 6) is 0.659. The van der Waals surface area contributed by atoms with Crippen LogP contribution in [0.2, 0.25) is 0 Å². The van der Waals surface area contributed by atoms with E-state index < -0.39 is 0 Å². The molecule has 1 aliphatic heterocycles. The first-order chi connectivity index (χ1) is 15.0. The van der Waals surface area contributed by atoms with Crippen LogP contribution in [-0.4, -0.2) is 22.8 Å². The molecule has 0 saturated carbocycles. The lowest BCUT2D eigenvalue weighted by Gasteiger charge is -2.14. The highest BCUT2D eigenvalue weighted by Gasteiger charge is 2.33. The summed E-state index contributed by atoms with van der Waals surface area (Å²) in [4.78, 5) is 26.8. The lowest BCUT2D eigenvalue weighted by Crippen LogP contribution is -2.27. The van der Waals surface area contributed by atoms with Crippen molar-refractivity contribution in [2.75, 3.05) is 11.5 Å². The van der Waals surface area contributed by atoms with Crippen LogP contribution in [0.5, 0.6) is 0 Å². The van der Waals surface area contributed by atoms with Gasteiger partial charge in [-0.05, 0) is 55.8 Å². The number of thioether (sulfide) groups is 1. The van der Waals surface area contributed by atoms with Crippen molar-refractivity contribution in [3.8, 4) is 11.3 Å². The molecule has 0 N–H and O–H groups in total. The molecule has 5 nitrogen and oxygen atoms in total. The van der Waals surface area contributed by atoms with Gasteiger partial charge in [0.15, 0.2) is 4.32 Å². The highest BCUT2D eigenvalue weighted by Crippen LogP contribution is 2.36. The van der Waals surface area contributed by atoms with Crippen molar-refractivity contribution in [2.24, 2.45) is 0 Å². The molecule has 4 rings (SSSR count). The predicted octanol–water partition coefficient (Wildman–Crippen LogP) is 5.84. The zero-order valence-electron chi connectivity index (χ0n) is 17.0. The van der Waals surface area contributed by atoms with E-state index in [1.165, 1.54) is 16.7 Å². The SMILES string of the molecule is CCOC(=O)c1ccc(-c2ccc(/C=C3/SC(=S)N(c4cccc(C)c4)C3=O)o2)cc1. The van der Waals surface area contributed by atoms with E-state index in [1.807, 2.05) is 37.3 Å². The lowest BCUT2D eigenvalue weighted by atomic mass is 10.1. The topological polar surface area (TPSA) is 59.8 Å². The van der Waals surface area contributed by atoms with Crippen molar-refractivity contribution in [2.45, 2.75) is 13.8 Å². The van der Waals surface area contributed by atoms with Gasteiger partial charge in [-0.3, -0.25) is 9.69 Å². The summed E-state index contributed by atoms with van der Waals surface area (Å²) in [6.45, 7) is 4.07. The van der Waals surface area contributed by atoms with Gasteiger partial charge in [0.1, 0.15) is 11.5 Å². The van der Waals surface area contributed by atoms with Gasteiger partial charge in [0.2, 0.25) is 0 Å². The molecule has 3 aromatic rings. The number of hydrogen-bond acceptors (Lipinski definition) is 6. The van der Waals surface area contributed by atoms with E-state index in [9.17, 15) is 9.59 Å². The summed E-state index contributed by atoms with van der Waals surface area (Å²) < 4.78 is 11.4. The van der Waals surface area contributed by atoms with Crippen LogP contribution in [0.15, 0.2) is 70.0 Å². The van der Waals surface area contributed by atoms with Gasteiger partial charge in [0.25, 0.3) is 5.91 Å². The number of ether oxygens (including phenoxy) is 1. The molecule has 1 saturated heterocycles. The van der Waals surface area contributed by atoms with Gasteiger partial charge in [-0.15, -0.1) is 0 Å². The van der Waals surface area contributed by atoms with E-state index in [2.05, 4.69) is 0 Å².